The zero-order chi connectivity index (χ0) is 11.6. The molecule has 0 heterocycles. The molecule has 0 saturated carbocycles. The average molecular weight is 217 g/mol. The van der Waals surface area contributed by atoms with Gasteiger partial charge in [0.15, 0.2) is 17.4 Å². The van der Waals surface area contributed by atoms with Crippen molar-refractivity contribution < 1.29 is 23.0 Å². The maximum atomic E-state index is 13.0. The highest BCUT2D eigenvalue weighted by molar-refractivity contribution is 5.94. The molecule has 4 nitrogen and oxygen atoms in total. The number of nitrogens with two attached hydrogens (primary N) is 1. The van der Waals surface area contributed by atoms with E-state index in [0.29, 0.717) is 6.07 Å². The van der Waals surface area contributed by atoms with Crippen LogP contribution in [0, 0.1) is 11.6 Å². The number of benzene rings is 1. The average Bonchev–Trinajstić information content (AvgIpc) is 2.24. The van der Waals surface area contributed by atoms with Gasteiger partial charge in [-0.1, -0.05) is 0 Å². The van der Waals surface area contributed by atoms with Crippen molar-refractivity contribution in [2.75, 3.05) is 20.0 Å². The summed E-state index contributed by atoms with van der Waals surface area (Å²) in [7, 11) is 2.30. The molecule has 82 valence electrons. The summed E-state index contributed by atoms with van der Waals surface area (Å²) in [6.45, 7) is 0. The first-order valence-electron chi connectivity index (χ1n) is 3.92. The molecule has 0 aliphatic rings. The number of rotatable bonds is 2. The fourth-order valence-corrected chi connectivity index (χ4v) is 1.11. The van der Waals surface area contributed by atoms with Gasteiger partial charge >= 0.3 is 5.97 Å². The second-order valence-electron chi connectivity index (χ2n) is 2.66. The Bertz CT molecular complexity index is 407. The van der Waals surface area contributed by atoms with Crippen LogP contribution in [0.15, 0.2) is 6.07 Å². The van der Waals surface area contributed by atoms with Crippen molar-refractivity contribution >= 4 is 11.7 Å². The molecule has 0 aliphatic carbocycles. The highest BCUT2D eigenvalue weighted by Crippen LogP contribution is 2.31. The van der Waals surface area contributed by atoms with E-state index in [1.165, 1.54) is 7.11 Å². The van der Waals surface area contributed by atoms with Crippen LogP contribution in [0.5, 0.6) is 5.75 Å². The molecule has 0 spiro atoms. The number of hydrogen-bond donors (Lipinski definition) is 1. The number of nitrogen functional groups attached to an aromatic ring is 1. The Hall–Kier alpha value is -1.85. The van der Waals surface area contributed by atoms with Crippen molar-refractivity contribution in [2.24, 2.45) is 0 Å². The van der Waals surface area contributed by atoms with Crippen LogP contribution in [0.2, 0.25) is 0 Å². The van der Waals surface area contributed by atoms with E-state index in [1.807, 2.05) is 0 Å². The third-order valence-corrected chi connectivity index (χ3v) is 1.82. The Morgan fingerprint density at radius 3 is 2.47 bits per heavy atom. The molecule has 0 unspecified atom stereocenters. The minimum absolute atomic E-state index is 0.235. The predicted octanol–water partition coefficient (Wildman–Crippen LogP) is 1.34. The van der Waals surface area contributed by atoms with E-state index in [9.17, 15) is 13.6 Å². The molecular weight excluding hydrogens is 208 g/mol. The first-order chi connectivity index (χ1) is 7.02. The smallest absolute Gasteiger partial charge is 0.341 e. The quantitative estimate of drug-likeness (QED) is 0.599. The number of esters is 1. The van der Waals surface area contributed by atoms with Gasteiger partial charge in [-0.05, 0) is 6.07 Å². The Morgan fingerprint density at radius 1 is 1.40 bits per heavy atom. The van der Waals surface area contributed by atoms with Gasteiger partial charge in [-0.15, -0.1) is 0 Å². The van der Waals surface area contributed by atoms with E-state index in [4.69, 9.17) is 10.5 Å². The number of halogens is 2. The molecule has 0 fully saturated rings. The minimum Gasteiger partial charge on any atom is -0.494 e. The Labute approximate surface area is 84.6 Å². The van der Waals surface area contributed by atoms with Crippen molar-refractivity contribution in [3.8, 4) is 5.75 Å². The monoisotopic (exact) mass is 217 g/mol. The molecule has 0 radical (unpaired) electrons. The Kier molecular flexibility index (Phi) is 3.08. The summed E-state index contributed by atoms with van der Waals surface area (Å²) >= 11 is 0. The minimum atomic E-state index is -1.25. The summed E-state index contributed by atoms with van der Waals surface area (Å²) in [5, 5.41) is 0. The Balaban J connectivity index is 3.45. The molecule has 0 saturated heterocycles. The number of ether oxygens (including phenoxy) is 2. The number of carbonyl (C=O) groups is 1. The second-order valence-corrected chi connectivity index (χ2v) is 2.66. The molecule has 1 aromatic carbocycles. The van der Waals surface area contributed by atoms with Crippen LogP contribution >= 0.6 is 0 Å². The molecule has 0 aromatic heterocycles. The summed E-state index contributed by atoms with van der Waals surface area (Å²) in [6, 6.07) is 0.677. The molecule has 0 amide bonds. The summed E-state index contributed by atoms with van der Waals surface area (Å²) in [5.41, 5.74) is 4.43. The van der Waals surface area contributed by atoms with Crippen LogP contribution in [0.1, 0.15) is 10.4 Å². The highest BCUT2D eigenvalue weighted by Gasteiger charge is 2.21. The van der Waals surface area contributed by atoms with Gasteiger partial charge < -0.3 is 15.2 Å². The molecule has 6 heteroatoms. The van der Waals surface area contributed by atoms with E-state index >= 15 is 0 Å². The number of hydrogen-bond acceptors (Lipinski definition) is 4. The van der Waals surface area contributed by atoms with Gasteiger partial charge in [0.2, 0.25) is 0 Å². The van der Waals surface area contributed by atoms with Crippen molar-refractivity contribution in [1.82, 2.24) is 0 Å². The lowest BCUT2D eigenvalue weighted by Crippen LogP contribution is -2.09. The molecule has 0 atom stereocenters. The molecule has 1 rings (SSSR count). The van der Waals surface area contributed by atoms with Gasteiger partial charge in [-0.25, -0.2) is 13.6 Å². The fraction of sp³-hybridized carbons (Fsp3) is 0.222. The van der Waals surface area contributed by atoms with Gasteiger partial charge in [0.1, 0.15) is 11.3 Å². The molecule has 1 aromatic rings. The van der Waals surface area contributed by atoms with Crippen LogP contribution in [-0.4, -0.2) is 20.2 Å². The van der Waals surface area contributed by atoms with Crippen LogP contribution in [0.3, 0.4) is 0 Å². The van der Waals surface area contributed by atoms with E-state index in [1.54, 1.807) is 0 Å². The van der Waals surface area contributed by atoms with E-state index in [-0.39, 0.29) is 11.3 Å². The summed E-state index contributed by atoms with van der Waals surface area (Å²) in [4.78, 5) is 11.2. The largest absolute Gasteiger partial charge is 0.494 e. The maximum Gasteiger partial charge on any atom is 0.341 e. The van der Waals surface area contributed by atoms with Crippen LogP contribution in [0.25, 0.3) is 0 Å². The van der Waals surface area contributed by atoms with Crippen molar-refractivity contribution in [1.29, 1.82) is 0 Å². The van der Waals surface area contributed by atoms with Crippen molar-refractivity contribution in [3.63, 3.8) is 0 Å². The van der Waals surface area contributed by atoms with Crippen LogP contribution in [0.4, 0.5) is 14.5 Å². The van der Waals surface area contributed by atoms with Gasteiger partial charge in [0.25, 0.3) is 0 Å². The SMILES string of the molecule is COC(=O)c1cc(F)c(F)c(N)c1OC. The van der Waals surface area contributed by atoms with Crippen molar-refractivity contribution in [3.05, 3.63) is 23.3 Å². The zero-order valence-corrected chi connectivity index (χ0v) is 8.14. The molecule has 2 N–H and O–H groups in total. The summed E-state index contributed by atoms with van der Waals surface area (Å²) in [5.74, 6) is -3.56. The molecule has 15 heavy (non-hydrogen) atoms. The first-order valence-corrected chi connectivity index (χ1v) is 3.92. The van der Waals surface area contributed by atoms with E-state index in [0.717, 1.165) is 7.11 Å². The van der Waals surface area contributed by atoms with Crippen LogP contribution < -0.4 is 10.5 Å². The maximum absolute atomic E-state index is 13.0. The summed E-state index contributed by atoms with van der Waals surface area (Å²) < 4.78 is 35.0. The van der Waals surface area contributed by atoms with E-state index in [2.05, 4.69) is 4.74 Å². The molecular formula is C9H9F2NO3. The normalized spacial score (nSPS) is 9.87. The van der Waals surface area contributed by atoms with Gasteiger partial charge in [-0.3, -0.25) is 0 Å². The fourth-order valence-electron chi connectivity index (χ4n) is 1.11. The zero-order valence-electron chi connectivity index (χ0n) is 8.14. The molecule has 0 bridgehead atoms. The van der Waals surface area contributed by atoms with Gasteiger partial charge in [0, 0.05) is 0 Å². The van der Waals surface area contributed by atoms with Crippen LogP contribution in [-0.2, 0) is 4.74 Å². The number of carbonyl (C=O) groups excluding carboxylic acids is 1. The molecule has 0 aliphatic heterocycles. The first kappa shape index (κ1) is 11.2. The number of methoxy groups -OCH3 is 2. The topological polar surface area (TPSA) is 61.5 Å². The van der Waals surface area contributed by atoms with Crippen molar-refractivity contribution in [2.45, 2.75) is 0 Å². The standard InChI is InChI=1S/C9H9F2NO3/c1-14-8-4(9(13)15-2)3-5(10)6(11)7(8)12/h3H,12H2,1-2H3. The predicted molar refractivity (Wildman–Crippen MR) is 48.7 cm³/mol. The van der Waals surface area contributed by atoms with Gasteiger partial charge in [0.05, 0.1) is 14.2 Å². The third kappa shape index (κ3) is 1.83. The number of anilines is 1. The van der Waals surface area contributed by atoms with Gasteiger partial charge in [-0.2, -0.15) is 0 Å². The highest BCUT2D eigenvalue weighted by atomic mass is 19.2. The second kappa shape index (κ2) is 4.12. The Morgan fingerprint density at radius 2 is 2.00 bits per heavy atom. The van der Waals surface area contributed by atoms with E-state index < -0.39 is 23.3 Å². The lowest BCUT2D eigenvalue weighted by molar-refractivity contribution is 0.0596. The lowest BCUT2D eigenvalue weighted by atomic mass is 10.1. The lowest BCUT2D eigenvalue weighted by Gasteiger charge is -2.10. The summed E-state index contributed by atoms with van der Waals surface area (Å²) in [6.07, 6.45) is 0. The third-order valence-electron chi connectivity index (χ3n) is 1.82.